The maximum absolute atomic E-state index is 11.5. The van der Waals surface area contributed by atoms with Crippen molar-refractivity contribution < 1.29 is 137 Å². The zero-order chi connectivity index (χ0) is 135. The average molecular weight is 1700 g/mol. The van der Waals surface area contributed by atoms with Crippen LogP contribution in [0.3, 0.4) is 0 Å². The van der Waals surface area contributed by atoms with E-state index in [1.807, 2.05) is 6.92 Å². The maximum atomic E-state index is 11.5. The molecule has 3 aliphatic heterocycles. The van der Waals surface area contributed by atoms with E-state index in [-0.39, 0.29) is 38.7 Å². The highest BCUT2D eigenvalue weighted by atomic mass is 16.5. The van der Waals surface area contributed by atoms with Gasteiger partial charge in [-0.15, -0.1) is 0 Å². The fourth-order valence-corrected chi connectivity index (χ4v) is 12.6. The first-order valence-electron chi connectivity index (χ1n) is 73.2. The number of esters is 6. The normalized spacial score (nSPS) is 18.0. The third-order valence-corrected chi connectivity index (χ3v) is 19.8. The van der Waals surface area contributed by atoms with Gasteiger partial charge in [-0.25, -0.2) is 0 Å². The van der Waals surface area contributed by atoms with E-state index in [9.17, 15) is 28.8 Å². The molecule has 0 radical (unpaired) electrons. The molecule has 12 heteroatoms. The number of rotatable bonds is 42. The Labute approximate surface area is 780 Å². The standard InChI is InChI=1S/C20H36O2.C19H34O2.C18H32O2.C16H28O2.2C14H24O2.28H2/c1-3-5-7-9-11-13-15-17-19-22-20(21)18-16-14-12-10-8-6-4-2;1-3-5-7-9-11-13-15-17-19(20)21-18-16-14-12-10-8-6-4-2;1-3-5-7-9-11-12-14-16-18(19)20-17-15-13-10-8-6-4-2;17-16-14-12-10-8-6-4-2-1-3-5-7-9-11-13-15-18-16;2*15-14-12-10-8-6-4-2-1-3-5-7-9-11-13-16-14;;;;;;;;;;;;;;;;;;;;;;;;;;;;/h3-6H,7-19H2,1-2H3;3,5-6,8H,4,7,9-18H2,1-2H3;3-6H,7-17H2,1-2H3;1-2H,3-15H2;2*1,3H,2,4-13H2;28*1H/b5-3+,6-4+;5-3+,8-6-;5-3+,6-4+;;;;;;;;;;;;;;;;;;;;;;;;;;;;;;;/i;;;;;;26*1+1D;2*1+1. The van der Waals surface area contributed by atoms with Gasteiger partial charge in [0.2, 0.25) is 0 Å². The number of unbranched alkanes of at least 4 members (excludes halogenated alkanes) is 23. The van der Waals surface area contributed by atoms with E-state index in [0.29, 0.717) is 78.2 Å². The Morgan fingerprint density at radius 3 is 0.770 bits per heavy atom. The van der Waals surface area contributed by atoms with E-state index in [1.165, 1.54) is 199 Å². The number of ether oxygens (including phenoxy) is 6. The number of hydrogen-bond donors (Lipinski definition) is 0. The number of hydrogen-bond acceptors (Lipinski definition) is 12. The van der Waals surface area contributed by atoms with Crippen LogP contribution in [0.25, 0.3) is 0 Å². The molecular weight excluding hydrogens is 1410 g/mol. The van der Waals surface area contributed by atoms with Crippen molar-refractivity contribution in [2.45, 2.75) is 459 Å². The van der Waals surface area contributed by atoms with E-state index in [2.05, 4.69) is 144 Å². The van der Waals surface area contributed by atoms with Gasteiger partial charge in [-0.05, 0) is 298 Å². The average Bonchev–Trinajstić information content (AvgIpc) is 1.37. The summed E-state index contributed by atoms with van der Waals surface area (Å²) in [5.41, 5.74) is 0. The maximum Gasteiger partial charge on any atom is 0.305 e. The van der Waals surface area contributed by atoms with Crippen LogP contribution in [0.15, 0.2) is 109 Å². The predicted octanol–water partition coefficient (Wildman–Crippen LogP) is 37.6. The smallest absolute Gasteiger partial charge is 0.305 e. The van der Waals surface area contributed by atoms with Crippen LogP contribution in [0.5, 0.6) is 0 Å². The highest BCUT2D eigenvalue weighted by molar-refractivity contribution is 5.71. The Morgan fingerprint density at radius 1 is 0.283 bits per heavy atom. The molecular formula is C101H234O12. The molecule has 0 aromatic rings. The molecule has 3 heterocycles. The lowest BCUT2D eigenvalue weighted by molar-refractivity contribution is -0.144. The monoisotopic (exact) mass is 1690 g/mol. The van der Waals surface area contributed by atoms with Crippen LogP contribution >= 0.6 is 0 Å². The molecule has 0 saturated carbocycles. The van der Waals surface area contributed by atoms with Gasteiger partial charge in [0.05, 0.1) is 39.6 Å². The topological polar surface area (TPSA) is 158 Å². The van der Waals surface area contributed by atoms with Crippen LogP contribution in [-0.4, -0.2) is 75.5 Å². The molecule has 3 aliphatic rings. The first-order chi connectivity index (χ1) is 81.6. The van der Waals surface area contributed by atoms with Crippen molar-refractivity contribution in [3.63, 3.8) is 0 Å². The molecule has 0 N–H and O–H groups in total. The summed E-state index contributed by atoms with van der Waals surface area (Å²) in [6, 6.07) is 0. The molecule has 0 atom stereocenters. The van der Waals surface area contributed by atoms with E-state index in [0.717, 1.165) is 180 Å². The van der Waals surface area contributed by atoms with E-state index in [4.69, 9.17) is 106 Å². The minimum Gasteiger partial charge on any atom is -0.466 e. The molecule has 0 unspecified atom stereocenters. The van der Waals surface area contributed by atoms with E-state index in [1.54, 1.807) is 0 Å². The van der Waals surface area contributed by atoms with E-state index < -0.39 is 0 Å². The summed E-state index contributed by atoms with van der Waals surface area (Å²) >= 11 is 0. The number of cyclic esters (lactones) is 3. The summed E-state index contributed by atoms with van der Waals surface area (Å²) in [6.45, 7) is 16.1. The lowest BCUT2D eigenvalue weighted by atomic mass is 10.1. The van der Waals surface area contributed by atoms with Crippen LogP contribution in [-0.2, 0) is 57.2 Å². The second-order valence-corrected chi connectivity index (χ2v) is 30.7. The van der Waals surface area contributed by atoms with Crippen molar-refractivity contribution >= 4 is 35.8 Å². The van der Waals surface area contributed by atoms with Gasteiger partial charge in [-0.1, -0.05) is 232 Å². The summed E-state index contributed by atoms with van der Waals surface area (Å²) in [5, 5.41) is 0. The quantitative estimate of drug-likeness (QED) is 0.0247. The van der Waals surface area contributed by atoms with Gasteiger partial charge in [-0.2, -0.15) is 0 Å². The van der Waals surface area contributed by atoms with E-state index >= 15 is 0 Å². The predicted molar refractivity (Wildman–Crippen MR) is 541 cm³/mol. The first kappa shape index (κ1) is 71.6. The van der Waals surface area contributed by atoms with Crippen LogP contribution in [0.2, 0.25) is 0 Å². The molecule has 0 aliphatic carbocycles. The third-order valence-electron chi connectivity index (χ3n) is 19.8. The molecule has 710 valence electrons. The molecule has 12 nitrogen and oxygen atoms in total. The minimum atomic E-state index is -0.0214. The number of carbonyl (C=O) groups is 6. The van der Waals surface area contributed by atoms with Gasteiger partial charge >= 0.3 is 35.8 Å². The molecule has 0 aromatic carbocycles. The molecule has 0 saturated heterocycles. The van der Waals surface area contributed by atoms with Crippen LogP contribution in [0, 0.1) is 0 Å². The highest BCUT2D eigenvalue weighted by Crippen LogP contribution is 2.17. The van der Waals surface area contributed by atoms with Crippen molar-refractivity contribution in [3.8, 4) is 0 Å². The SMILES string of the molecule is C/C=C/CCCCCCC(=O)OCCCCC/C=C/C.C/C=C/CCCCCCC(=O)OCCCCC/C=C\CC.C/C=C/CCCCCCCOC(=O)CCCCCC/C=C/C.O=C1CCCCCCC=CCCCCCCCO1.O=C1CCCCCCC=CCCCCCO1.O=C1CCCCCCC=CCCCCCO1.[2HH].[2HH].[2H][2H].[2H][2H].[2H][2H].[2H][2H].[2H][2H].[2H][2H].[2H][2H].[2H][2H].[2H][2H].[2H][2H].[2H][2H].[2H][2H].[2H][2H].[2H][2H].[2H][2H].[2H][2H].[2H][2H].[2H][2H].[2H][2H].[2H][2H].[2H][2H].[2H][2H].[2H][2H].[2H][2H].[2H][2H].[2H][2H]. The minimum absolute atomic E-state index is 0. The molecule has 0 fully saturated rings. The van der Waals surface area contributed by atoms with Gasteiger partial charge in [-0.3, -0.25) is 28.8 Å². The summed E-state index contributed by atoms with van der Waals surface area (Å²) in [5.74, 6) is -0.0667. The lowest BCUT2D eigenvalue weighted by Crippen LogP contribution is -2.05. The Morgan fingerprint density at radius 2 is 0.496 bits per heavy atom. The van der Waals surface area contributed by atoms with Crippen LogP contribution in [0.4, 0.5) is 0 Å². The first-order valence-corrected chi connectivity index (χ1v) is 47.2. The molecule has 3 rings (SSSR count). The highest BCUT2D eigenvalue weighted by Gasteiger charge is 2.09. The summed E-state index contributed by atoms with van der Waals surface area (Å²) in [4.78, 5) is 68.5. The Hall–Kier alpha value is -5.52. The van der Waals surface area contributed by atoms with Crippen molar-refractivity contribution in [2.24, 2.45) is 0 Å². The Bertz CT molecular complexity index is 2340. The van der Waals surface area contributed by atoms with Crippen LogP contribution < -0.4 is 0 Å². The van der Waals surface area contributed by atoms with Gasteiger partial charge < -0.3 is 28.4 Å². The number of allylic oxidation sites excluding steroid dienone is 18. The van der Waals surface area contributed by atoms with Crippen molar-refractivity contribution in [1.82, 2.24) is 0 Å². The Balaban J connectivity index is -0.0000000423. The van der Waals surface area contributed by atoms with Crippen molar-refractivity contribution in [2.75, 3.05) is 39.6 Å². The second-order valence-electron chi connectivity index (χ2n) is 30.7. The van der Waals surface area contributed by atoms with Crippen LogP contribution in [0.1, 0.15) is 539 Å². The summed E-state index contributed by atoms with van der Waals surface area (Å²) < 4.78 is 291. The lowest BCUT2D eigenvalue weighted by Gasteiger charge is -2.05. The van der Waals surface area contributed by atoms with Gasteiger partial charge in [0.25, 0.3) is 0 Å². The fraction of sp³-hybridized carbons (Fsp3) is 0.762. The van der Waals surface area contributed by atoms with Crippen molar-refractivity contribution in [1.29, 1.82) is 0 Å². The zero-order valence-electron chi connectivity index (χ0n) is 126. The second kappa shape index (κ2) is 103. The Kier molecular flexibility index (Phi) is 65.0. The molecule has 0 aromatic heterocycles. The van der Waals surface area contributed by atoms with Crippen molar-refractivity contribution in [3.05, 3.63) is 109 Å². The largest absolute Gasteiger partial charge is 0.466 e. The fourth-order valence-electron chi connectivity index (χ4n) is 12.6. The summed E-state index contributed by atoms with van der Waals surface area (Å²) in [6.07, 6.45) is 112. The van der Waals surface area contributed by atoms with Gasteiger partial charge in [0.15, 0.2) is 0 Å². The zero-order valence-corrected chi connectivity index (χ0v) is 74.5. The third kappa shape index (κ3) is 106. The molecule has 0 bridgehead atoms. The van der Waals surface area contributed by atoms with Gasteiger partial charge in [0.1, 0.15) is 0 Å². The summed E-state index contributed by atoms with van der Waals surface area (Å²) in [7, 11) is 0. The number of carbonyl (C=O) groups excluding carboxylic acids is 6. The van der Waals surface area contributed by atoms with Gasteiger partial charge in [0, 0.05) is 119 Å². The molecule has 113 heavy (non-hydrogen) atoms. The molecule has 0 amide bonds. The molecule has 0 spiro atoms.